The van der Waals surface area contributed by atoms with Gasteiger partial charge in [-0.1, -0.05) is 35.9 Å². The van der Waals surface area contributed by atoms with Crippen LogP contribution < -0.4 is 10.1 Å². The molecule has 6 heteroatoms. The van der Waals surface area contributed by atoms with E-state index in [1.165, 1.54) is 7.11 Å². The van der Waals surface area contributed by atoms with Crippen molar-refractivity contribution in [3.8, 4) is 5.75 Å². The summed E-state index contributed by atoms with van der Waals surface area (Å²) in [6.45, 7) is 0. The number of ether oxygens (including phenoxy) is 1. The van der Waals surface area contributed by atoms with E-state index in [9.17, 15) is 14.7 Å². The largest absolute Gasteiger partial charge is 0.497 e. The van der Waals surface area contributed by atoms with Gasteiger partial charge in [0.2, 0.25) is 5.91 Å². The molecule has 2 aromatic carbocycles. The third-order valence-corrected chi connectivity index (χ3v) is 4.04. The number of carboxylic acid groups (broad SMARTS) is 1. The van der Waals surface area contributed by atoms with Crippen LogP contribution in [0.5, 0.6) is 5.75 Å². The van der Waals surface area contributed by atoms with Gasteiger partial charge in [0.1, 0.15) is 5.75 Å². The number of carboxylic acids is 1. The molecule has 5 nitrogen and oxygen atoms in total. The molecule has 0 bridgehead atoms. The van der Waals surface area contributed by atoms with E-state index in [0.29, 0.717) is 22.8 Å². The van der Waals surface area contributed by atoms with Gasteiger partial charge in [-0.3, -0.25) is 4.79 Å². The van der Waals surface area contributed by atoms with Crippen LogP contribution in [0.3, 0.4) is 0 Å². The van der Waals surface area contributed by atoms with E-state index in [1.54, 1.807) is 36.4 Å². The lowest BCUT2D eigenvalue weighted by Gasteiger charge is -2.15. The normalized spacial score (nSPS) is 11.6. The van der Waals surface area contributed by atoms with Gasteiger partial charge >= 0.3 is 5.97 Å². The van der Waals surface area contributed by atoms with Gasteiger partial charge in [-0.05, 0) is 48.2 Å². The van der Waals surface area contributed by atoms with Crippen LogP contribution in [0.25, 0.3) is 0 Å². The fourth-order valence-corrected chi connectivity index (χ4v) is 2.55. The lowest BCUT2D eigenvalue weighted by Crippen LogP contribution is -2.33. The third kappa shape index (κ3) is 5.80. The zero-order valence-corrected chi connectivity index (χ0v) is 14.6. The molecule has 2 aromatic rings. The fraction of sp³-hybridized carbons (Fsp3) is 0.263. The standard InChI is InChI=1S/C19H20ClNO4/c1-25-16-11-7-14(8-12-16)18(19(23)24)21-17(22)4-2-3-13-5-9-15(20)10-6-13/h5-12,18H,2-4H2,1H3,(H,21,22)(H,23,24). The molecule has 1 unspecified atom stereocenters. The van der Waals surface area contributed by atoms with Crippen molar-refractivity contribution in [1.29, 1.82) is 0 Å². The molecule has 0 aliphatic rings. The van der Waals surface area contributed by atoms with E-state index in [4.69, 9.17) is 16.3 Å². The molecular formula is C19H20ClNO4. The highest BCUT2D eigenvalue weighted by molar-refractivity contribution is 6.30. The zero-order chi connectivity index (χ0) is 18.2. The second kappa shape index (κ2) is 9.08. The summed E-state index contributed by atoms with van der Waals surface area (Å²) in [6.07, 6.45) is 1.61. The molecule has 0 saturated heterocycles. The maximum Gasteiger partial charge on any atom is 0.330 e. The van der Waals surface area contributed by atoms with E-state index < -0.39 is 12.0 Å². The Balaban J connectivity index is 1.88. The van der Waals surface area contributed by atoms with Crippen LogP contribution in [-0.4, -0.2) is 24.1 Å². The van der Waals surface area contributed by atoms with Crippen LogP contribution in [-0.2, 0) is 16.0 Å². The number of hydrogen-bond donors (Lipinski definition) is 2. The summed E-state index contributed by atoms with van der Waals surface area (Å²) in [7, 11) is 1.53. The Morgan fingerprint density at radius 2 is 1.76 bits per heavy atom. The number of aliphatic carboxylic acids is 1. The minimum absolute atomic E-state index is 0.253. The molecule has 132 valence electrons. The Morgan fingerprint density at radius 3 is 2.32 bits per heavy atom. The van der Waals surface area contributed by atoms with Gasteiger partial charge in [0, 0.05) is 11.4 Å². The highest BCUT2D eigenvalue weighted by Gasteiger charge is 2.21. The second-order valence-corrected chi connectivity index (χ2v) is 6.03. The summed E-state index contributed by atoms with van der Waals surface area (Å²) in [5.41, 5.74) is 1.58. The third-order valence-electron chi connectivity index (χ3n) is 3.78. The zero-order valence-electron chi connectivity index (χ0n) is 13.9. The molecule has 0 heterocycles. The summed E-state index contributed by atoms with van der Waals surface area (Å²) < 4.78 is 5.05. The number of aryl methyl sites for hydroxylation is 1. The van der Waals surface area contributed by atoms with Crippen molar-refractivity contribution in [2.75, 3.05) is 7.11 Å². The minimum Gasteiger partial charge on any atom is -0.497 e. The predicted octanol–water partition coefficient (Wildman–Crippen LogP) is 3.61. The molecule has 0 fully saturated rings. The molecule has 0 spiro atoms. The summed E-state index contributed by atoms with van der Waals surface area (Å²) in [5.74, 6) is -0.768. The lowest BCUT2D eigenvalue weighted by molar-refractivity contribution is -0.142. The van der Waals surface area contributed by atoms with Gasteiger partial charge in [-0.25, -0.2) is 4.79 Å². The Hall–Kier alpha value is -2.53. The number of hydrogen-bond acceptors (Lipinski definition) is 3. The fourth-order valence-electron chi connectivity index (χ4n) is 2.42. The van der Waals surface area contributed by atoms with E-state index >= 15 is 0 Å². The summed E-state index contributed by atoms with van der Waals surface area (Å²) >= 11 is 5.83. The van der Waals surface area contributed by atoms with Crippen molar-refractivity contribution in [3.63, 3.8) is 0 Å². The first kappa shape index (κ1) is 18.8. The van der Waals surface area contributed by atoms with Gasteiger partial charge in [0.25, 0.3) is 0 Å². The molecule has 0 radical (unpaired) electrons. The van der Waals surface area contributed by atoms with Crippen molar-refractivity contribution in [2.45, 2.75) is 25.3 Å². The molecule has 0 aliphatic carbocycles. The number of rotatable bonds is 8. The number of amides is 1. The van der Waals surface area contributed by atoms with Crippen LogP contribution in [0.15, 0.2) is 48.5 Å². The van der Waals surface area contributed by atoms with E-state index in [1.807, 2.05) is 12.1 Å². The first-order valence-electron chi connectivity index (χ1n) is 7.90. The smallest absolute Gasteiger partial charge is 0.330 e. The van der Waals surface area contributed by atoms with Gasteiger partial charge < -0.3 is 15.2 Å². The van der Waals surface area contributed by atoms with Crippen LogP contribution in [0.1, 0.15) is 30.0 Å². The topological polar surface area (TPSA) is 75.6 Å². The van der Waals surface area contributed by atoms with Crippen LogP contribution >= 0.6 is 11.6 Å². The SMILES string of the molecule is COc1ccc(C(NC(=O)CCCc2ccc(Cl)cc2)C(=O)O)cc1. The molecule has 25 heavy (non-hydrogen) atoms. The van der Waals surface area contributed by atoms with Crippen molar-refractivity contribution >= 4 is 23.5 Å². The quantitative estimate of drug-likeness (QED) is 0.753. The van der Waals surface area contributed by atoms with Crippen molar-refractivity contribution in [3.05, 3.63) is 64.7 Å². The summed E-state index contributed by atoms with van der Waals surface area (Å²) in [6, 6.07) is 13.0. The minimum atomic E-state index is -1.10. The molecule has 1 atom stereocenters. The molecule has 0 aliphatic heterocycles. The van der Waals surface area contributed by atoms with Gasteiger partial charge in [0.15, 0.2) is 6.04 Å². The molecule has 2 N–H and O–H groups in total. The summed E-state index contributed by atoms with van der Waals surface area (Å²) in [5, 5.41) is 12.6. The maximum absolute atomic E-state index is 12.1. The number of benzene rings is 2. The first-order chi connectivity index (χ1) is 12.0. The molecule has 2 rings (SSSR count). The first-order valence-corrected chi connectivity index (χ1v) is 8.28. The van der Waals surface area contributed by atoms with E-state index in [2.05, 4.69) is 5.32 Å². The highest BCUT2D eigenvalue weighted by Crippen LogP contribution is 2.18. The Kier molecular flexibility index (Phi) is 6.83. The van der Waals surface area contributed by atoms with E-state index in [-0.39, 0.29) is 12.3 Å². The number of methoxy groups -OCH3 is 1. The second-order valence-electron chi connectivity index (χ2n) is 5.59. The Morgan fingerprint density at radius 1 is 1.12 bits per heavy atom. The van der Waals surface area contributed by atoms with Crippen molar-refractivity contribution in [1.82, 2.24) is 5.32 Å². The maximum atomic E-state index is 12.1. The molecule has 0 saturated carbocycles. The van der Waals surface area contributed by atoms with Crippen LogP contribution in [0.2, 0.25) is 5.02 Å². The highest BCUT2D eigenvalue weighted by atomic mass is 35.5. The molecule has 1 amide bonds. The molecule has 0 aromatic heterocycles. The number of halogens is 1. The van der Waals surface area contributed by atoms with Crippen LogP contribution in [0, 0.1) is 0 Å². The van der Waals surface area contributed by atoms with Gasteiger partial charge in [-0.15, -0.1) is 0 Å². The monoisotopic (exact) mass is 361 g/mol. The van der Waals surface area contributed by atoms with Crippen molar-refractivity contribution < 1.29 is 19.4 Å². The number of carbonyl (C=O) groups excluding carboxylic acids is 1. The molecular weight excluding hydrogens is 342 g/mol. The van der Waals surface area contributed by atoms with Gasteiger partial charge in [0.05, 0.1) is 7.11 Å². The van der Waals surface area contributed by atoms with E-state index in [0.717, 1.165) is 12.0 Å². The Bertz CT molecular complexity index is 713. The number of nitrogens with one attached hydrogen (secondary N) is 1. The predicted molar refractivity (Wildman–Crippen MR) is 95.9 cm³/mol. The average Bonchev–Trinajstić information content (AvgIpc) is 2.61. The summed E-state index contributed by atoms with van der Waals surface area (Å²) in [4.78, 5) is 23.5. The lowest BCUT2D eigenvalue weighted by atomic mass is 10.1. The van der Waals surface area contributed by atoms with Crippen LogP contribution in [0.4, 0.5) is 0 Å². The van der Waals surface area contributed by atoms with Crippen molar-refractivity contribution in [2.24, 2.45) is 0 Å². The average molecular weight is 362 g/mol. The Labute approximate surface area is 151 Å². The number of carbonyl (C=O) groups is 2. The van der Waals surface area contributed by atoms with Gasteiger partial charge in [-0.2, -0.15) is 0 Å².